The fourth-order valence-electron chi connectivity index (χ4n) is 1.76. The topological polar surface area (TPSA) is 33.1 Å². The van der Waals surface area contributed by atoms with Gasteiger partial charge in [-0.1, -0.05) is 22.0 Å². The summed E-state index contributed by atoms with van der Waals surface area (Å²) in [6.07, 6.45) is -0.405. The Morgan fingerprint density at radius 1 is 1.33 bits per heavy atom. The lowest BCUT2D eigenvalue weighted by Crippen LogP contribution is -2.05. The van der Waals surface area contributed by atoms with Crippen LogP contribution in [-0.2, 0) is 6.42 Å². The highest BCUT2D eigenvalue weighted by molar-refractivity contribution is 9.10. The van der Waals surface area contributed by atoms with E-state index in [9.17, 15) is 9.50 Å². The number of aromatic nitrogens is 1. The Labute approximate surface area is 114 Å². The molecule has 0 saturated carbocycles. The summed E-state index contributed by atoms with van der Waals surface area (Å²) in [5, 5.41) is 10.1. The highest BCUT2D eigenvalue weighted by atomic mass is 79.9. The van der Waals surface area contributed by atoms with Crippen molar-refractivity contribution in [1.82, 2.24) is 4.98 Å². The third-order valence-corrected chi connectivity index (χ3v) is 3.45. The lowest BCUT2D eigenvalue weighted by atomic mass is 10.0. The molecule has 2 nitrogen and oxygen atoms in total. The number of nitrogens with zero attached hydrogens (tertiary/aromatic N) is 1. The number of benzene rings is 1. The molecule has 0 spiro atoms. The van der Waals surface area contributed by atoms with E-state index in [1.165, 1.54) is 12.1 Å². The van der Waals surface area contributed by atoms with Gasteiger partial charge in [-0.05, 0) is 42.8 Å². The van der Waals surface area contributed by atoms with E-state index in [-0.39, 0.29) is 5.82 Å². The summed E-state index contributed by atoms with van der Waals surface area (Å²) in [5.41, 5.74) is 2.18. The Bertz CT molecular complexity index is 559. The van der Waals surface area contributed by atoms with Gasteiger partial charge in [0.2, 0.25) is 0 Å². The van der Waals surface area contributed by atoms with Crippen LogP contribution < -0.4 is 0 Å². The minimum atomic E-state index is -0.733. The van der Waals surface area contributed by atoms with E-state index in [1.807, 2.05) is 19.1 Å². The zero-order chi connectivity index (χ0) is 13.1. The summed E-state index contributed by atoms with van der Waals surface area (Å²) in [6, 6.07) is 9.93. The van der Waals surface area contributed by atoms with Crippen LogP contribution in [0.25, 0.3) is 0 Å². The second-order valence-electron chi connectivity index (χ2n) is 4.16. The summed E-state index contributed by atoms with van der Waals surface area (Å²) in [4.78, 5) is 4.26. The Morgan fingerprint density at radius 2 is 2.11 bits per heavy atom. The van der Waals surface area contributed by atoms with Crippen LogP contribution in [0, 0.1) is 12.7 Å². The monoisotopic (exact) mass is 309 g/mol. The lowest BCUT2D eigenvalue weighted by molar-refractivity contribution is 0.173. The third kappa shape index (κ3) is 3.15. The van der Waals surface area contributed by atoms with Crippen molar-refractivity contribution >= 4 is 15.9 Å². The van der Waals surface area contributed by atoms with E-state index in [0.717, 1.165) is 15.7 Å². The maximum absolute atomic E-state index is 13.1. The quantitative estimate of drug-likeness (QED) is 0.940. The van der Waals surface area contributed by atoms with E-state index >= 15 is 0 Å². The molecule has 0 fully saturated rings. The number of halogens is 2. The number of rotatable bonds is 3. The van der Waals surface area contributed by atoms with Crippen LogP contribution in [0.1, 0.15) is 23.1 Å². The van der Waals surface area contributed by atoms with Crippen LogP contribution >= 0.6 is 15.9 Å². The molecule has 1 N–H and O–H groups in total. The highest BCUT2D eigenvalue weighted by Crippen LogP contribution is 2.24. The zero-order valence-corrected chi connectivity index (χ0v) is 11.5. The van der Waals surface area contributed by atoms with Crippen molar-refractivity contribution in [2.75, 3.05) is 0 Å². The minimum Gasteiger partial charge on any atom is -0.386 e. The van der Waals surface area contributed by atoms with Crippen molar-refractivity contribution < 1.29 is 9.50 Å². The van der Waals surface area contributed by atoms with Crippen molar-refractivity contribution in [3.05, 3.63) is 63.6 Å². The molecule has 0 bridgehead atoms. The average molecular weight is 310 g/mol. The van der Waals surface area contributed by atoms with Gasteiger partial charge in [-0.15, -0.1) is 0 Å². The van der Waals surface area contributed by atoms with Crippen LogP contribution in [0.5, 0.6) is 0 Å². The third-order valence-electron chi connectivity index (χ3n) is 2.67. The Hall–Kier alpha value is -1.26. The van der Waals surface area contributed by atoms with E-state index < -0.39 is 6.10 Å². The molecule has 2 aromatic rings. The first-order chi connectivity index (χ1) is 8.56. The molecule has 0 aliphatic rings. The van der Waals surface area contributed by atoms with Gasteiger partial charge in [0, 0.05) is 16.6 Å². The number of pyridine rings is 1. The molecule has 0 amide bonds. The normalized spacial score (nSPS) is 12.4. The molecule has 0 radical (unpaired) electrons. The lowest BCUT2D eigenvalue weighted by Gasteiger charge is -2.12. The fourth-order valence-corrected chi connectivity index (χ4v) is 2.17. The molecular weight excluding hydrogens is 297 g/mol. The second kappa shape index (κ2) is 5.59. The Balaban J connectivity index is 2.21. The molecule has 0 saturated heterocycles. The van der Waals surface area contributed by atoms with Crippen molar-refractivity contribution in [1.29, 1.82) is 0 Å². The van der Waals surface area contributed by atoms with Gasteiger partial charge < -0.3 is 5.11 Å². The van der Waals surface area contributed by atoms with Crippen LogP contribution in [0.15, 0.2) is 40.9 Å². The van der Waals surface area contributed by atoms with Gasteiger partial charge in [-0.3, -0.25) is 4.98 Å². The minimum absolute atomic E-state index is 0.308. The molecule has 1 unspecified atom stereocenters. The summed E-state index contributed by atoms with van der Waals surface area (Å²) < 4.78 is 13.9. The van der Waals surface area contributed by atoms with E-state index in [0.29, 0.717) is 12.1 Å². The Kier molecular flexibility index (Phi) is 4.09. The molecule has 1 aromatic carbocycles. The predicted molar refractivity (Wildman–Crippen MR) is 71.7 cm³/mol. The molecular formula is C14H13BrFNO. The number of hydrogen-bond acceptors (Lipinski definition) is 2. The summed E-state index contributed by atoms with van der Waals surface area (Å²) >= 11 is 3.35. The van der Waals surface area contributed by atoms with Crippen molar-refractivity contribution in [3.63, 3.8) is 0 Å². The molecule has 1 aromatic heterocycles. The maximum Gasteiger partial charge on any atom is 0.123 e. The molecule has 94 valence electrons. The summed E-state index contributed by atoms with van der Waals surface area (Å²) in [6.45, 7) is 1.87. The molecule has 1 atom stereocenters. The first kappa shape index (κ1) is 13.2. The molecule has 18 heavy (non-hydrogen) atoms. The van der Waals surface area contributed by atoms with Gasteiger partial charge in [0.15, 0.2) is 0 Å². The average Bonchev–Trinajstić information content (AvgIpc) is 2.34. The number of aliphatic hydroxyl groups is 1. The number of aryl methyl sites for hydroxylation is 1. The largest absolute Gasteiger partial charge is 0.386 e. The van der Waals surface area contributed by atoms with Gasteiger partial charge in [-0.25, -0.2) is 4.39 Å². The van der Waals surface area contributed by atoms with Gasteiger partial charge in [0.05, 0.1) is 11.8 Å². The molecule has 1 heterocycles. The number of hydrogen-bond donors (Lipinski definition) is 1. The van der Waals surface area contributed by atoms with Crippen LogP contribution in [-0.4, -0.2) is 10.1 Å². The van der Waals surface area contributed by atoms with E-state index in [4.69, 9.17) is 0 Å². The predicted octanol–water partition coefficient (Wildman–Crippen LogP) is 3.57. The SMILES string of the molecule is Cc1cccc(C(O)Cc2cc(F)ccc2Br)n1. The van der Waals surface area contributed by atoms with Crippen LogP contribution in [0.4, 0.5) is 4.39 Å². The van der Waals surface area contributed by atoms with Crippen molar-refractivity contribution in [2.45, 2.75) is 19.4 Å². The van der Waals surface area contributed by atoms with Crippen molar-refractivity contribution in [2.24, 2.45) is 0 Å². The van der Waals surface area contributed by atoms with Gasteiger partial charge in [0.1, 0.15) is 5.82 Å². The Morgan fingerprint density at radius 3 is 2.83 bits per heavy atom. The molecule has 2 rings (SSSR count). The highest BCUT2D eigenvalue weighted by Gasteiger charge is 2.12. The van der Waals surface area contributed by atoms with E-state index in [1.54, 1.807) is 12.1 Å². The van der Waals surface area contributed by atoms with Gasteiger partial charge in [-0.2, -0.15) is 0 Å². The first-order valence-electron chi connectivity index (χ1n) is 5.62. The zero-order valence-electron chi connectivity index (χ0n) is 9.90. The standard InChI is InChI=1S/C14H13BrFNO/c1-9-3-2-4-13(17-9)14(18)8-10-7-11(16)5-6-12(10)15/h2-7,14,18H,8H2,1H3. The smallest absolute Gasteiger partial charge is 0.123 e. The van der Waals surface area contributed by atoms with Gasteiger partial charge in [0.25, 0.3) is 0 Å². The second-order valence-corrected chi connectivity index (χ2v) is 5.01. The summed E-state index contributed by atoms with van der Waals surface area (Å²) in [7, 11) is 0. The van der Waals surface area contributed by atoms with Crippen molar-refractivity contribution in [3.8, 4) is 0 Å². The molecule has 0 aliphatic heterocycles. The molecule has 0 aliphatic carbocycles. The van der Waals surface area contributed by atoms with E-state index in [2.05, 4.69) is 20.9 Å². The first-order valence-corrected chi connectivity index (χ1v) is 6.41. The fraction of sp³-hybridized carbons (Fsp3) is 0.214. The maximum atomic E-state index is 13.1. The van der Waals surface area contributed by atoms with Crippen LogP contribution in [0.2, 0.25) is 0 Å². The molecule has 4 heteroatoms. The van der Waals surface area contributed by atoms with Crippen LogP contribution in [0.3, 0.4) is 0 Å². The summed E-state index contributed by atoms with van der Waals surface area (Å²) in [5.74, 6) is -0.308. The number of aliphatic hydroxyl groups excluding tert-OH is 1. The van der Waals surface area contributed by atoms with Gasteiger partial charge >= 0.3 is 0 Å².